The Morgan fingerprint density at radius 2 is 1.76 bits per heavy atom. The monoisotopic (exact) mass is 787 g/mol. The number of carbonyl (C=O) groups is 3. The number of nitriles is 1. The molecule has 4 aromatic heterocycles. The van der Waals surface area contributed by atoms with Crippen LogP contribution in [0, 0.1) is 23.2 Å². The van der Waals surface area contributed by atoms with E-state index in [2.05, 4.69) is 68.0 Å². The number of nitrogens with one attached hydrogen (secondary N) is 1. The van der Waals surface area contributed by atoms with Crippen molar-refractivity contribution in [3.05, 3.63) is 108 Å². The van der Waals surface area contributed by atoms with Crippen molar-refractivity contribution in [3.8, 4) is 46.4 Å². The maximum Gasteiger partial charge on any atom is 0.255 e. The third-order valence-corrected chi connectivity index (χ3v) is 10.9. The van der Waals surface area contributed by atoms with Gasteiger partial charge in [0.2, 0.25) is 17.7 Å². The zero-order chi connectivity index (χ0) is 40.5. The molecule has 0 spiro atoms. The van der Waals surface area contributed by atoms with Crippen LogP contribution in [-0.2, 0) is 27.9 Å². The van der Waals surface area contributed by atoms with E-state index in [-0.39, 0.29) is 62.5 Å². The second-order valence-corrected chi connectivity index (χ2v) is 14.6. The van der Waals surface area contributed by atoms with Gasteiger partial charge in [-0.1, -0.05) is 18.1 Å². The van der Waals surface area contributed by atoms with E-state index in [1.54, 1.807) is 30.3 Å². The quantitative estimate of drug-likeness (QED) is 0.103. The van der Waals surface area contributed by atoms with Gasteiger partial charge in [-0.15, -0.1) is 0 Å². The number of benzene rings is 2. The van der Waals surface area contributed by atoms with Crippen LogP contribution in [0.5, 0.6) is 17.4 Å². The molecule has 1 saturated carbocycles. The molecule has 1 N–H and O–H groups in total. The molecule has 6 aromatic rings. The lowest BCUT2D eigenvalue weighted by molar-refractivity contribution is -0.136. The van der Waals surface area contributed by atoms with Crippen molar-refractivity contribution in [1.82, 2.24) is 29.7 Å². The predicted octanol–water partition coefficient (Wildman–Crippen LogP) is 5.25. The molecule has 6 heterocycles. The number of aromatic nitrogens is 4. The van der Waals surface area contributed by atoms with Crippen LogP contribution in [0.1, 0.15) is 53.0 Å². The van der Waals surface area contributed by atoms with Gasteiger partial charge in [0.15, 0.2) is 11.4 Å². The average Bonchev–Trinajstić information content (AvgIpc) is 3.72. The van der Waals surface area contributed by atoms with Crippen LogP contribution in [0.4, 0.5) is 0 Å². The van der Waals surface area contributed by atoms with Gasteiger partial charge in [-0.3, -0.25) is 24.7 Å². The molecule has 1 saturated heterocycles. The van der Waals surface area contributed by atoms with Crippen molar-refractivity contribution in [2.45, 2.75) is 50.5 Å². The minimum absolute atomic E-state index is 0.0509. The summed E-state index contributed by atoms with van der Waals surface area (Å²) in [5.74, 6) is 6.35. The minimum atomic E-state index is -0.667. The SMILES string of the molecule is Cn1c2ccncc2c2ccc(-c3ccc(O[C@H]4C[C@H](Oc5ccc(C#CCOCCOc6ccc7c(c6)CN(C6CCC(=O)NC6=O)C7=O)nc5C#N)C4)nc3)cc21. The number of hydrogen-bond donors (Lipinski definition) is 1. The standard InChI is InChI=1S/C45H37N7O7/c1-51-38-14-15-47-25-36(38)35-8-4-27(20-40(35)51)28-5-13-43(48-24-28)59-33-21-32(22-33)58-41-11-6-30(49-37(41)23-46)3-2-16-56-17-18-57-31-7-9-34-29(19-31)26-52(45(34)55)39-10-12-42(53)50-44(39)54/h4-9,11,13-15,19-20,24-25,32-33,39H,10,12,16-18,21-22,26H2,1H3,(H,50,53,54)/t32-,33-,39?. The van der Waals surface area contributed by atoms with Gasteiger partial charge < -0.3 is 28.4 Å². The summed E-state index contributed by atoms with van der Waals surface area (Å²) in [7, 11) is 2.06. The van der Waals surface area contributed by atoms with E-state index in [4.69, 9.17) is 18.9 Å². The molecule has 1 unspecified atom stereocenters. The number of fused-ring (bicyclic) bond motifs is 4. The topological polar surface area (TPSA) is 171 Å². The first-order chi connectivity index (χ1) is 28.8. The van der Waals surface area contributed by atoms with Crippen molar-refractivity contribution in [1.29, 1.82) is 5.26 Å². The lowest BCUT2D eigenvalue weighted by Gasteiger charge is -2.35. The first-order valence-electron chi connectivity index (χ1n) is 19.3. The van der Waals surface area contributed by atoms with E-state index in [9.17, 15) is 19.6 Å². The highest BCUT2D eigenvalue weighted by Crippen LogP contribution is 2.34. The summed E-state index contributed by atoms with van der Waals surface area (Å²) < 4.78 is 25.8. The fourth-order valence-electron chi connectivity index (χ4n) is 7.71. The Kier molecular flexibility index (Phi) is 10.1. The molecule has 14 heteroatoms. The molecule has 2 fully saturated rings. The Balaban J connectivity index is 0.704. The number of pyridine rings is 3. The number of aryl methyl sites for hydroxylation is 1. The van der Waals surface area contributed by atoms with E-state index in [1.165, 1.54) is 4.90 Å². The highest BCUT2D eigenvalue weighted by molar-refractivity contribution is 6.08. The number of rotatable bonds is 11. The predicted molar refractivity (Wildman–Crippen MR) is 214 cm³/mol. The van der Waals surface area contributed by atoms with Gasteiger partial charge in [0, 0.05) is 84.9 Å². The normalized spacial score (nSPS) is 18.4. The van der Waals surface area contributed by atoms with Gasteiger partial charge in [0.25, 0.3) is 5.91 Å². The van der Waals surface area contributed by atoms with Crippen LogP contribution < -0.4 is 19.5 Å². The van der Waals surface area contributed by atoms with Crippen LogP contribution >= 0.6 is 0 Å². The second kappa shape index (κ2) is 15.9. The van der Waals surface area contributed by atoms with Crippen LogP contribution in [-0.4, -0.2) is 80.2 Å². The van der Waals surface area contributed by atoms with Gasteiger partial charge in [-0.2, -0.15) is 5.26 Å². The van der Waals surface area contributed by atoms with Crippen LogP contribution in [0.15, 0.2) is 85.3 Å². The molecular formula is C45H37N7O7. The maximum absolute atomic E-state index is 12.9. The fourth-order valence-corrected chi connectivity index (χ4v) is 7.71. The molecule has 9 rings (SSSR count). The van der Waals surface area contributed by atoms with Crippen LogP contribution in [0.2, 0.25) is 0 Å². The van der Waals surface area contributed by atoms with Crippen LogP contribution in [0.3, 0.4) is 0 Å². The number of amides is 3. The zero-order valence-corrected chi connectivity index (χ0v) is 32.0. The van der Waals surface area contributed by atoms with Gasteiger partial charge in [-0.25, -0.2) is 9.97 Å². The zero-order valence-electron chi connectivity index (χ0n) is 32.0. The Morgan fingerprint density at radius 1 is 0.898 bits per heavy atom. The minimum Gasteiger partial charge on any atom is -0.491 e. The molecule has 2 aliphatic heterocycles. The smallest absolute Gasteiger partial charge is 0.255 e. The Hall–Kier alpha value is -7.29. The van der Waals surface area contributed by atoms with Gasteiger partial charge in [0.05, 0.1) is 12.1 Å². The van der Waals surface area contributed by atoms with Gasteiger partial charge in [0.1, 0.15) is 49.0 Å². The number of piperidine rings is 1. The Bertz CT molecular complexity index is 2740. The molecule has 3 amide bonds. The van der Waals surface area contributed by atoms with Crippen molar-refractivity contribution in [2.75, 3.05) is 19.8 Å². The summed E-state index contributed by atoms with van der Waals surface area (Å²) >= 11 is 0. The summed E-state index contributed by atoms with van der Waals surface area (Å²) in [5, 5.41) is 14.4. The fraction of sp³-hybridized carbons (Fsp3) is 0.267. The maximum atomic E-state index is 12.9. The Morgan fingerprint density at radius 3 is 2.59 bits per heavy atom. The molecular weight excluding hydrogens is 751 g/mol. The number of nitrogens with zero attached hydrogens (tertiary/aromatic N) is 6. The van der Waals surface area contributed by atoms with Crippen molar-refractivity contribution < 1.29 is 33.3 Å². The summed E-state index contributed by atoms with van der Waals surface area (Å²) in [5.41, 5.74) is 6.19. The molecule has 1 atom stereocenters. The summed E-state index contributed by atoms with van der Waals surface area (Å²) in [4.78, 5) is 51.4. The van der Waals surface area contributed by atoms with E-state index < -0.39 is 11.9 Å². The van der Waals surface area contributed by atoms with Gasteiger partial charge in [-0.05, 0) is 72.0 Å². The van der Waals surface area contributed by atoms with Crippen molar-refractivity contribution >= 4 is 39.5 Å². The van der Waals surface area contributed by atoms with Crippen LogP contribution in [0.25, 0.3) is 32.9 Å². The summed E-state index contributed by atoms with van der Waals surface area (Å²) in [6, 6.07) is 22.4. The van der Waals surface area contributed by atoms with E-state index in [0.29, 0.717) is 47.9 Å². The number of carbonyl (C=O) groups excluding carboxylic acids is 3. The van der Waals surface area contributed by atoms with Crippen molar-refractivity contribution in [3.63, 3.8) is 0 Å². The first-order valence-corrected chi connectivity index (χ1v) is 19.3. The van der Waals surface area contributed by atoms with E-state index >= 15 is 0 Å². The first kappa shape index (κ1) is 37.3. The summed E-state index contributed by atoms with van der Waals surface area (Å²) in [6.45, 7) is 0.928. The molecule has 0 bridgehead atoms. The third-order valence-electron chi connectivity index (χ3n) is 10.9. The molecule has 14 nitrogen and oxygen atoms in total. The Labute approximate surface area is 338 Å². The molecule has 59 heavy (non-hydrogen) atoms. The van der Waals surface area contributed by atoms with E-state index in [1.807, 2.05) is 36.8 Å². The third kappa shape index (κ3) is 7.61. The molecule has 2 aromatic carbocycles. The number of hydrogen-bond acceptors (Lipinski definition) is 11. The number of ether oxygens (including phenoxy) is 4. The largest absolute Gasteiger partial charge is 0.491 e. The highest BCUT2D eigenvalue weighted by Gasteiger charge is 2.39. The highest BCUT2D eigenvalue weighted by atomic mass is 16.5. The number of imide groups is 1. The van der Waals surface area contributed by atoms with Gasteiger partial charge >= 0.3 is 0 Å². The molecule has 0 radical (unpaired) electrons. The lowest BCUT2D eigenvalue weighted by atomic mass is 9.92. The average molecular weight is 788 g/mol. The second-order valence-electron chi connectivity index (χ2n) is 14.6. The van der Waals surface area contributed by atoms with E-state index in [0.717, 1.165) is 38.5 Å². The molecule has 3 aliphatic rings. The molecule has 294 valence electrons. The lowest BCUT2D eigenvalue weighted by Crippen LogP contribution is -2.52. The summed E-state index contributed by atoms with van der Waals surface area (Å²) in [6.07, 6.45) is 7.19. The van der Waals surface area contributed by atoms with Crippen molar-refractivity contribution in [2.24, 2.45) is 7.05 Å². The molecule has 1 aliphatic carbocycles.